The highest BCUT2D eigenvalue weighted by molar-refractivity contribution is 5.75. The number of fused-ring (bicyclic) bond motifs is 1. The van der Waals surface area contributed by atoms with Crippen LogP contribution in [0.1, 0.15) is 29.9 Å². The van der Waals surface area contributed by atoms with E-state index in [4.69, 9.17) is 18.9 Å². The molecular formula is C31H35N3O7. The molecule has 1 aliphatic rings. The van der Waals surface area contributed by atoms with E-state index in [0.29, 0.717) is 56.2 Å². The number of carbonyl (C=O) groups is 1. The first-order valence-corrected chi connectivity index (χ1v) is 13.8. The zero-order valence-corrected chi connectivity index (χ0v) is 22.8. The van der Waals surface area contributed by atoms with E-state index >= 15 is 0 Å². The van der Waals surface area contributed by atoms with Crippen LogP contribution in [0.4, 0.5) is 4.79 Å². The number of amides is 1. The van der Waals surface area contributed by atoms with E-state index in [9.17, 15) is 14.7 Å². The van der Waals surface area contributed by atoms with Crippen LogP contribution in [0, 0.1) is 0 Å². The summed E-state index contributed by atoms with van der Waals surface area (Å²) in [6.45, 7) is 3.10. The lowest BCUT2D eigenvalue weighted by Gasteiger charge is -2.37. The number of rotatable bonds is 13. The van der Waals surface area contributed by atoms with Crippen LogP contribution in [0.2, 0.25) is 0 Å². The van der Waals surface area contributed by atoms with Crippen LogP contribution in [-0.4, -0.2) is 71.7 Å². The van der Waals surface area contributed by atoms with Crippen LogP contribution in [0.5, 0.6) is 11.5 Å². The van der Waals surface area contributed by atoms with Gasteiger partial charge >= 0.3 is 11.8 Å². The first-order chi connectivity index (χ1) is 20.0. The first-order valence-electron chi connectivity index (χ1n) is 13.8. The van der Waals surface area contributed by atoms with Crippen molar-refractivity contribution in [3.63, 3.8) is 0 Å². The van der Waals surface area contributed by atoms with E-state index in [1.54, 1.807) is 18.2 Å². The molecule has 0 spiro atoms. The molecule has 1 amide bonds. The third-order valence-corrected chi connectivity index (χ3v) is 7.12. The van der Waals surface area contributed by atoms with Gasteiger partial charge in [0, 0.05) is 24.9 Å². The number of hydrogen-bond donors (Lipinski definition) is 3. The first kappa shape index (κ1) is 28.3. The lowest BCUT2D eigenvalue weighted by atomic mass is 9.87. The summed E-state index contributed by atoms with van der Waals surface area (Å²) in [5, 5.41) is 9.54. The minimum atomic E-state index is -0.946. The van der Waals surface area contributed by atoms with Crippen molar-refractivity contribution in [2.45, 2.75) is 31.5 Å². The average Bonchev–Trinajstić information content (AvgIpc) is 3.37. The number of likely N-dealkylation sites (tertiary alicyclic amines) is 1. The fourth-order valence-electron chi connectivity index (χ4n) is 5.03. The van der Waals surface area contributed by atoms with Crippen LogP contribution in [0.25, 0.3) is 11.0 Å². The van der Waals surface area contributed by atoms with E-state index in [0.717, 1.165) is 23.3 Å². The molecule has 0 radical (unpaired) electrons. The second-order valence-corrected chi connectivity index (χ2v) is 9.98. The fourth-order valence-corrected chi connectivity index (χ4v) is 5.03. The highest BCUT2D eigenvalue weighted by Gasteiger charge is 2.33. The van der Waals surface area contributed by atoms with Gasteiger partial charge in [-0.25, -0.2) is 9.59 Å². The summed E-state index contributed by atoms with van der Waals surface area (Å²) in [6, 6.07) is 23.4. The zero-order valence-electron chi connectivity index (χ0n) is 22.8. The smallest absolute Gasteiger partial charge is 0.407 e. The highest BCUT2D eigenvalue weighted by atomic mass is 16.5. The standard InChI is InChI=1S/C31H35N3O7/c35-30-32-27-12-11-25(19-28(27)33-30)40-17-18-41-29-20-34(31(36)37)14-13-26(29)23-7-9-24(10-8-23)39-16-4-15-38-21-22-5-2-1-3-6-22/h1-3,5-12,19,26,29H,4,13-18,20-21H2,(H,36,37)(H2,32,33,35). The molecule has 10 nitrogen and oxygen atoms in total. The maximum absolute atomic E-state index is 11.6. The summed E-state index contributed by atoms with van der Waals surface area (Å²) in [5.41, 5.74) is 3.35. The summed E-state index contributed by atoms with van der Waals surface area (Å²) in [6.07, 6.45) is 0.199. The Morgan fingerprint density at radius 1 is 0.878 bits per heavy atom. The molecule has 2 atom stereocenters. The number of aromatic amines is 2. The molecule has 1 aromatic heterocycles. The molecule has 3 N–H and O–H groups in total. The van der Waals surface area contributed by atoms with Crippen LogP contribution >= 0.6 is 0 Å². The van der Waals surface area contributed by atoms with Crippen molar-refractivity contribution in [3.8, 4) is 11.5 Å². The Balaban J connectivity index is 1.09. The van der Waals surface area contributed by atoms with Crippen LogP contribution in [0.15, 0.2) is 77.6 Å². The third kappa shape index (κ3) is 7.90. The third-order valence-electron chi connectivity index (χ3n) is 7.12. The van der Waals surface area contributed by atoms with Gasteiger partial charge in [0.1, 0.15) is 18.1 Å². The Bertz CT molecular complexity index is 1450. The van der Waals surface area contributed by atoms with E-state index < -0.39 is 6.09 Å². The minimum Gasteiger partial charge on any atom is -0.494 e. The van der Waals surface area contributed by atoms with Gasteiger partial charge in [-0.05, 0) is 41.8 Å². The number of piperidine rings is 1. The average molecular weight is 562 g/mol. The Hall–Kier alpha value is -4.28. The molecule has 1 aliphatic heterocycles. The van der Waals surface area contributed by atoms with Crippen LogP contribution in [0.3, 0.4) is 0 Å². The van der Waals surface area contributed by atoms with Crippen molar-refractivity contribution >= 4 is 17.1 Å². The van der Waals surface area contributed by atoms with Gasteiger partial charge in [-0.3, -0.25) is 0 Å². The van der Waals surface area contributed by atoms with Gasteiger partial charge in [0.2, 0.25) is 0 Å². The van der Waals surface area contributed by atoms with Crippen molar-refractivity contribution in [2.24, 2.45) is 0 Å². The number of ether oxygens (including phenoxy) is 4. The van der Waals surface area contributed by atoms with Crippen molar-refractivity contribution in [1.29, 1.82) is 0 Å². The summed E-state index contributed by atoms with van der Waals surface area (Å²) < 4.78 is 23.6. The Labute approximate surface area is 237 Å². The maximum Gasteiger partial charge on any atom is 0.407 e. The summed E-state index contributed by atoms with van der Waals surface area (Å²) in [4.78, 5) is 29.9. The highest BCUT2D eigenvalue weighted by Crippen LogP contribution is 2.32. The molecule has 1 saturated heterocycles. The van der Waals surface area contributed by atoms with Gasteiger partial charge in [0.15, 0.2) is 0 Å². The van der Waals surface area contributed by atoms with Gasteiger partial charge in [0.05, 0.1) is 50.1 Å². The van der Waals surface area contributed by atoms with Gasteiger partial charge in [-0.2, -0.15) is 0 Å². The van der Waals surface area contributed by atoms with Crippen molar-refractivity contribution in [1.82, 2.24) is 14.9 Å². The predicted octanol–water partition coefficient (Wildman–Crippen LogP) is 4.77. The van der Waals surface area contributed by atoms with E-state index in [-0.39, 0.29) is 30.9 Å². The molecule has 2 heterocycles. The van der Waals surface area contributed by atoms with E-state index in [1.165, 1.54) is 4.90 Å². The van der Waals surface area contributed by atoms with Gasteiger partial charge in [-0.1, -0.05) is 42.5 Å². The largest absolute Gasteiger partial charge is 0.494 e. The number of hydrogen-bond acceptors (Lipinski definition) is 6. The molecule has 1 fully saturated rings. The predicted molar refractivity (Wildman–Crippen MR) is 154 cm³/mol. The van der Waals surface area contributed by atoms with Crippen molar-refractivity contribution in [2.75, 3.05) is 39.5 Å². The van der Waals surface area contributed by atoms with Crippen LogP contribution in [-0.2, 0) is 16.1 Å². The molecule has 0 aliphatic carbocycles. The topological polar surface area (TPSA) is 126 Å². The SMILES string of the molecule is O=C(O)N1CCC(c2ccc(OCCCOCc3ccccc3)cc2)C(OCCOc2ccc3[nH]c(=O)[nH]c3c2)C1. The number of nitrogens with one attached hydrogen (secondary N) is 2. The number of H-pyrrole nitrogens is 2. The summed E-state index contributed by atoms with van der Waals surface area (Å²) in [7, 11) is 0. The summed E-state index contributed by atoms with van der Waals surface area (Å²) in [5.74, 6) is 1.45. The molecule has 3 aromatic carbocycles. The lowest BCUT2D eigenvalue weighted by Crippen LogP contribution is -2.46. The number of nitrogens with zero attached hydrogens (tertiary/aromatic N) is 1. The Morgan fingerprint density at radius 3 is 2.44 bits per heavy atom. The zero-order chi connectivity index (χ0) is 28.4. The normalized spacial score (nSPS) is 17.0. The van der Waals surface area contributed by atoms with E-state index in [1.807, 2.05) is 54.6 Å². The quantitative estimate of drug-likeness (QED) is 0.201. The number of imidazole rings is 1. The van der Waals surface area contributed by atoms with Gasteiger partial charge in [-0.15, -0.1) is 0 Å². The molecule has 0 saturated carbocycles. The second kappa shape index (κ2) is 13.9. The molecule has 2 unspecified atom stereocenters. The maximum atomic E-state index is 11.6. The summed E-state index contributed by atoms with van der Waals surface area (Å²) >= 11 is 0. The fraction of sp³-hybridized carbons (Fsp3) is 0.355. The van der Waals surface area contributed by atoms with Gasteiger partial charge < -0.3 is 38.9 Å². The van der Waals surface area contributed by atoms with Crippen molar-refractivity contribution < 1.29 is 28.8 Å². The minimum absolute atomic E-state index is 0.0484. The molecular weight excluding hydrogens is 526 g/mol. The molecule has 5 rings (SSSR count). The molecule has 0 bridgehead atoms. The molecule has 10 heteroatoms. The Morgan fingerprint density at radius 2 is 1.63 bits per heavy atom. The molecule has 41 heavy (non-hydrogen) atoms. The van der Waals surface area contributed by atoms with Crippen LogP contribution < -0.4 is 15.2 Å². The second-order valence-electron chi connectivity index (χ2n) is 9.98. The Kier molecular flexibility index (Phi) is 9.56. The number of benzene rings is 3. The lowest BCUT2D eigenvalue weighted by molar-refractivity contribution is -0.0206. The number of aromatic nitrogens is 2. The number of carboxylic acid groups (broad SMARTS) is 1. The van der Waals surface area contributed by atoms with Crippen molar-refractivity contribution in [3.05, 3.63) is 94.4 Å². The van der Waals surface area contributed by atoms with Gasteiger partial charge in [0.25, 0.3) is 0 Å². The monoisotopic (exact) mass is 561 g/mol. The molecule has 4 aromatic rings. The van der Waals surface area contributed by atoms with E-state index in [2.05, 4.69) is 9.97 Å². The molecule has 216 valence electrons.